The van der Waals surface area contributed by atoms with E-state index in [2.05, 4.69) is 4.74 Å². The van der Waals surface area contributed by atoms with Crippen molar-refractivity contribution in [2.75, 3.05) is 11.5 Å². The molecule has 0 bridgehead atoms. The Balaban J connectivity index is 1.85. The summed E-state index contributed by atoms with van der Waals surface area (Å²) in [5.41, 5.74) is -2.88. The number of imidazole rings is 1. The Morgan fingerprint density at radius 2 is 1.73 bits per heavy atom. The largest absolute Gasteiger partial charge is 0.573 e. The maximum atomic E-state index is 15.0. The molecule has 0 amide bonds. The predicted octanol–water partition coefficient (Wildman–Crippen LogP) is 4.95. The average molecular weight is 587 g/mol. The molecule has 8 nitrogen and oxygen atoms in total. The van der Waals surface area contributed by atoms with Gasteiger partial charge in [-0.3, -0.25) is 13.9 Å². The Labute approximate surface area is 228 Å². The lowest BCUT2D eigenvalue weighted by molar-refractivity contribution is -0.274. The molecule has 0 spiro atoms. The van der Waals surface area contributed by atoms with E-state index in [0.29, 0.717) is 12.8 Å². The van der Waals surface area contributed by atoms with Gasteiger partial charge in [0, 0.05) is 18.1 Å². The lowest BCUT2D eigenvalue weighted by Gasteiger charge is -2.32. The summed E-state index contributed by atoms with van der Waals surface area (Å²) in [5.74, 6) is -2.04. The van der Waals surface area contributed by atoms with Crippen LogP contribution >= 0.6 is 0 Å². The fourth-order valence-electron chi connectivity index (χ4n) is 4.87. The van der Waals surface area contributed by atoms with Crippen LogP contribution in [0, 0.1) is 11.2 Å². The highest BCUT2D eigenvalue weighted by atomic mass is 32.2. The summed E-state index contributed by atoms with van der Waals surface area (Å²) in [7, 11) is -3.14. The molecule has 2 aromatic carbocycles. The molecule has 40 heavy (non-hydrogen) atoms. The van der Waals surface area contributed by atoms with Gasteiger partial charge in [0.1, 0.15) is 21.4 Å². The first-order valence-corrected chi connectivity index (χ1v) is 14.4. The summed E-state index contributed by atoms with van der Waals surface area (Å²) < 4.78 is 83.1. The molecule has 13 heteroatoms. The number of benzene rings is 2. The average Bonchev–Trinajstić information content (AvgIpc) is 3.11. The number of hydrogen-bond donors (Lipinski definition) is 1. The summed E-state index contributed by atoms with van der Waals surface area (Å²) in [6.45, 7) is 6.31. The van der Waals surface area contributed by atoms with E-state index in [-0.39, 0.29) is 40.3 Å². The Bertz CT molecular complexity index is 1620. The van der Waals surface area contributed by atoms with Gasteiger partial charge < -0.3 is 9.84 Å². The molecule has 1 atom stereocenters. The van der Waals surface area contributed by atoms with E-state index in [1.54, 1.807) is 6.92 Å². The minimum Gasteiger partial charge on any atom is -0.406 e. The van der Waals surface area contributed by atoms with Crippen LogP contribution < -0.4 is 10.4 Å². The first-order chi connectivity index (χ1) is 18.3. The molecule has 1 unspecified atom stereocenters. The van der Waals surface area contributed by atoms with Gasteiger partial charge in [-0.1, -0.05) is 6.92 Å². The second kappa shape index (κ2) is 10.0. The number of ketones is 1. The highest BCUT2D eigenvalue weighted by Crippen LogP contribution is 2.37. The molecule has 3 aromatic rings. The summed E-state index contributed by atoms with van der Waals surface area (Å²) in [5, 5.41) is 10.7. The van der Waals surface area contributed by atoms with Crippen molar-refractivity contribution in [1.82, 2.24) is 9.13 Å². The minimum absolute atomic E-state index is 0.00993. The van der Waals surface area contributed by atoms with Crippen LogP contribution in [-0.4, -0.2) is 51.9 Å². The van der Waals surface area contributed by atoms with Crippen LogP contribution in [0.2, 0.25) is 0 Å². The number of aromatic nitrogens is 2. The number of carbonyl (C=O) groups is 1. The van der Waals surface area contributed by atoms with Gasteiger partial charge in [-0.25, -0.2) is 17.6 Å². The molecule has 0 radical (unpaired) electrons. The number of alkyl halides is 3. The van der Waals surface area contributed by atoms with Gasteiger partial charge in [0.05, 0.1) is 39.9 Å². The van der Waals surface area contributed by atoms with Gasteiger partial charge in [-0.15, -0.1) is 13.2 Å². The van der Waals surface area contributed by atoms with Crippen molar-refractivity contribution in [2.45, 2.75) is 65.0 Å². The van der Waals surface area contributed by atoms with Crippen molar-refractivity contribution in [2.24, 2.45) is 5.41 Å². The molecule has 1 fully saturated rings. The first-order valence-electron chi connectivity index (χ1n) is 12.6. The Hall–Kier alpha value is -3.19. The van der Waals surface area contributed by atoms with Gasteiger partial charge in [0.2, 0.25) is 0 Å². The monoisotopic (exact) mass is 586 g/mol. The topological polar surface area (TPSA) is 108 Å². The summed E-state index contributed by atoms with van der Waals surface area (Å²) in [4.78, 5) is 27.0. The molecular weight excluding hydrogens is 556 g/mol. The van der Waals surface area contributed by atoms with Crippen LogP contribution in [0.15, 0.2) is 41.2 Å². The number of fused-ring (bicyclic) bond motifs is 1. The molecule has 1 aliphatic heterocycles. The van der Waals surface area contributed by atoms with Crippen LogP contribution in [0.3, 0.4) is 0 Å². The zero-order valence-electron chi connectivity index (χ0n) is 22.4. The van der Waals surface area contributed by atoms with Crippen LogP contribution in [0.1, 0.15) is 63.4 Å². The van der Waals surface area contributed by atoms with Gasteiger partial charge >= 0.3 is 12.1 Å². The standard InChI is InChI=1S/C27H30F4N2O6S/c1-16(25(2,3)36)32-22-13-17(23(34)15-26(4)9-11-40(37,38)12-10-26)5-8-20(22)33(24(32)35)21-14-18(6-7-19(21)28)39-27(29,30)31/h5-8,13-14,16,36H,9-12,15H2,1-4H3. The molecule has 0 saturated carbocycles. The number of nitrogens with zero attached hydrogens (tertiary/aromatic N) is 2. The summed E-state index contributed by atoms with van der Waals surface area (Å²) >= 11 is 0. The smallest absolute Gasteiger partial charge is 0.406 e. The Morgan fingerprint density at radius 1 is 1.10 bits per heavy atom. The SMILES string of the molecule is CC(n1c(=O)n(-c2cc(OC(F)(F)F)ccc2F)c2ccc(C(=O)CC3(C)CCS(=O)(=O)CC3)cc21)C(C)(C)O. The van der Waals surface area contributed by atoms with Crippen LogP contribution in [0.25, 0.3) is 16.7 Å². The molecule has 218 valence electrons. The number of aliphatic hydroxyl groups is 1. The lowest BCUT2D eigenvalue weighted by atomic mass is 9.78. The fourth-order valence-corrected chi connectivity index (χ4v) is 6.69. The highest BCUT2D eigenvalue weighted by Gasteiger charge is 2.36. The number of ether oxygens (including phenoxy) is 1. The molecule has 2 heterocycles. The van der Waals surface area contributed by atoms with Crippen LogP contribution in [0.5, 0.6) is 5.75 Å². The quantitative estimate of drug-likeness (QED) is 0.310. The number of Topliss-reactive ketones (excluding diaryl/α,β-unsaturated/α-hetero) is 1. The third-order valence-corrected chi connectivity index (χ3v) is 9.27. The van der Waals surface area contributed by atoms with Crippen molar-refractivity contribution in [3.63, 3.8) is 0 Å². The number of rotatable bonds is 7. The van der Waals surface area contributed by atoms with E-state index in [9.17, 15) is 40.7 Å². The van der Waals surface area contributed by atoms with E-state index in [1.165, 1.54) is 32.0 Å². The molecule has 0 aliphatic carbocycles. The third-order valence-electron chi connectivity index (χ3n) is 7.62. The Kier molecular flexibility index (Phi) is 7.46. The zero-order chi connectivity index (χ0) is 29.8. The zero-order valence-corrected chi connectivity index (χ0v) is 23.2. The molecule has 1 saturated heterocycles. The number of hydrogen-bond acceptors (Lipinski definition) is 6. The van der Waals surface area contributed by atoms with Crippen molar-refractivity contribution in [3.05, 3.63) is 58.3 Å². The van der Waals surface area contributed by atoms with Gasteiger partial charge in [-0.05, 0) is 69.4 Å². The van der Waals surface area contributed by atoms with Crippen molar-refractivity contribution >= 4 is 26.7 Å². The third kappa shape index (κ3) is 6.09. The maximum absolute atomic E-state index is 15.0. The van der Waals surface area contributed by atoms with Crippen molar-refractivity contribution in [3.8, 4) is 11.4 Å². The van der Waals surface area contributed by atoms with Gasteiger partial charge in [-0.2, -0.15) is 0 Å². The van der Waals surface area contributed by atoms with E-state index >= 15 is 0 Å². The summed E-state index contributed by atoms with van der Waals surface area (Å²) in [6, 6.07) is 5.62. The normalized spacial score (nSPS) is 18.0. The fraction of sp³-hybridized carbons (Fsp3) is 0.481. The highest BCUT2D eigenvalue weighted by molar-refractivity contribution is 7.91. The summed E-state index contributed by atoms with van der Waals surface area (Å²) in [6.07, 6.45) is -4.32. The molecule has 4 rings (SSSR count). The van der Waals surface area contributed by atoms with Gasteiger partial charge in [0.15, 0.2) is 5.78 Å². The number of halogens is 4. The Morgan fingerprint density at radius 3 is 2.30 bits per heavy atom. The van der Waals surface area contributed by atoms with E-state index in [1.807, 2.05) is 6.92 Å². The van der Waals surface area contributed by atoms with Crippen molar-refractivity contribution in [1.29, 1.82) is 0 Å². The molecular formula is C27H30F4N2O6S. The second-order valence-electron chi connectivity index (χ2n) is 11.2. The predicted molar refractivity (Wildman–Crippen MR) is 140 cm³/mol. The first kappa shape index (κ1) is 29.8. The van der Waals surface area contributed by atoms with Gasteiger partial charge in [0.25, 0.3) is 0 Å². The molecule has 1 N–H and O–H groups in total. The lowest BCUT2D eigenvalue weighted by Crippen LogP contribution is -2.37. The van der Waals surface area contributed by atoms with E-state index in [4.69, 9.17) is 0 Å². The second-order valence-corrected chi connectivity index (χ2v) is 13.5. The van der Waals surface area contributed by atoms with E-state index in [0.717, 1.165) is 27.3 Å². The maximum Gasteiger partial charge on any atom is 0.573 e. The molecule has 1 aliphatic rings. The molecule has 1 aromatic heterocycles. The number of carbonyl (C=O) groups excluding carboxylic acids is 1. The van der Waals surface area contributed by atoms with E-state index < -0.39 is 56.2 Å². The number of sulfone groups is 1. The van der Waals surface area contributed by atoms with Crippen molar-refractivity contribution < 1.29 is 40.6 Å². The van der Waals surface area contributed by atoms with Crippen LogP contribution in [-0.2, 0) is 9.84 Å². The van der Waals surface area contributed by atoms with Crippen LogP contribution in [0.4, 0.5) is 17.6 Å². The minimum atomic E-state index is -5.04.